The lowest BCUT2D eigenvalue weighted by Gasteiger charge is -2.37. The molecule has 0 aliphatic rings. The molecule has 0 fully saturated rings. The first-order valence-electron chi connectivity index (χ1n) is 7.71. The summed E-state index contributed by atoms with van der Waals surface area (Å²) >= 11 is 0. The van der Waals surface area contributed by atoms with Crippen molar-refractivity contribution in [3.8, 4) is 0 Å². The van der Waals surface area contributed by atoms with Gasteiger partial charge in [-0.05, 0) is 36.6 Å². The Hall–Kier alpha value is -1.77. The van der Waals surface area contributed by atoms with Gasteiger partial charge in [-0.15, -0.1) is 0 Å². The molecular weight excluding hydrogens is 364 g/mol. The van der Waals surface area contributed by atoms with Gasteiger partial charge in [0.1, 0.15) is 6.61 Å². The minimum atomic E-state index is -4.91. The Labute approximate surface area is 147 Å². The van der Waals surface area contributed by atoms with Crippen molar-refractivity contribution in [2.45, 2.75) is 51.7 Å². The highest BCUT2D eigenvalue weighted by Gasteiger charge is 2.61. The van der Waals surface area contributed by atoms with E-state index in [9.17, 15) is 31.1 Å². The Morgan fingerprint density at radius 1 is 1.00 bits per heavy atom. The molecule has 9 heteroatoms. The van der Waals surface area contributed by atoms with Gasteiger partial charge in [0.05, 0.1) is 5.56 Å². The van der Waals surface area contributed by atoms with Crippen molar-refractivity contribution in [3.05, 3.63) is 35.4 Å². The first-order valence-corrected chi connectivity index (χ1v) is 7.71. The molecule has 26 heavy (non-hydrogen) atoms. The predicted octanol–water partition coefficient (Wildman–Crippen LogP) is 4.71. The summed E-state index contributed by atoms with van der Waals surface area (Å²) in [6.07, 6.45) is -10.0. The maximum absolute atomic E-state index is 13.6. The van der Waals surface area contributed by atoms with Gasteiger partial charge in [0.2, 0.25) is 5.54 Å². The summed E-state index contributed by atoms with van der Waals surface area (Å²) in [7, 11) is 1.01. The molecule has 0 heterocycles. The van der Waals surface area contributed by atoms with E-state index in [0.717, 1.165) is 31.3 Å². The lowest BCUT2D eigenvalue weighted by atomic mass is 9.79. The van der Waals surface area contributed by atoms with E-state index in [1.54, 1.807) is 20.8 Å². The monoisotopic (exact) mass is 385 g/mol. The smallest absolute Gasteiger partial charge is 0.417 e. The average Bonchev–Trinajstić information content (AvgIpc) is 2.47. The third kappa shape index (κ3) is 5.36. The summed E-state index contributed by atoms with van der Waals surface area (Å²) < 4.78 is 83.0. The van der Waals surface area contributed by atoms with Gasteiger partial charge in [-0.2, -0.15) is 26.3 Å². The molecule has 1 atom stereocenters. The Morgan fingerprint density at radius 2 is 1.50 bits per heavy atom. The number of ether oxygens (including phenoxy) is 1. The van der Waals surface area contributed by atoms with Crippen molar-refractivity contribution in [1.29, 1.82) is 0 Å². The Morgan fingerprint density at radius 3 is 1.85 bits per heavy atom. The lowest BCUT2D eigenvalue weighted by Crippen LogP contribution is -2.63. The summed E-state index contributed by atoms with van der Waals surface area (Å²) in [6, 6.07) is 3.64. The van der Waals surface area contributed by atoms with E-state index in [0.29, 0.717) is 0 Å². The van der Waals surface area contributed by atoms with Crippen LogP contribution in [0.15, 0.2) is 24.3 Å². The maximum Gasteiger partial charge on any atom is 0.417 e. The van der Waals surface area contributed by atoms with Gasteiger partial charge in [-0.3, -0.25) is 5.32 Å². The molecule has 0 aliphatic carbocycles. The number of carbonyl (C=O) groups excluding carboxylic acids is 1. The van der Waals surface area contributed by atoms with Crippen LogP contribution in [0.25, 0.3) is 0 Å². The summed E-state index contributed by atoms with van der Waals surface area (Å²) in [4.78, 5) is 12.2. The second-order valence-electron chi connectivity index (χ2n) is 7.16. The van der Waals surface area contributed by atoms with Crippen LogP contribution in [0, 0.1) is 5.41 Å². The number of likely N-dealkylation sites (N-methyl/N-ethyl adjacent to an activating group) is 1. The van der Waals surface area contributed by atoms with E-state index in [4.69, 9.17) is 4.74 Å². The number of hydrogen-bond donors (Lipinski definition) is 1. The lowest BCUT2D eigenvalue weighted by molar-refractivity contribution is -0.219. The van der Waals surface area contributed by atoms with E-state index in [1.165, 1.54) is 0 Å². The highest BCUT2D eigenvalue weighted by atomic mass is 19.4. The topological polar surface area (TPSA) is 38.3 Å². The van der Waals surface area contributed by atoms with Crippen LogP contribution >= 0.6 is 0 Å². The van der Waals surface area contributed by atoms with Crippen molar-refractivity contribution >= 4 is 5.97 Å². The largest absolute Gasteiger partial charge is 0.459 e. The molecule has 0 amide bonds. The summed E-state index contributed by atoms with van der Waals surface area (Å²) in [5, 5.41) is 2.03. The summed E-state index contributed by atoms with van der Waals surface area (Å²) in [5.74, 6) is -1.53. The molecule has 3 nitrogen and oxygen atoms in total. The number of benzene rings is 1. The number of carbonyl (C=O) groups is 1. The number of rotatable bonds is 5. The van der Waals surface area contributed by atoms with Gasteiger partial charge < -0.3 is 4.74 Å². The van der Waals surface area contributed by atoms with Crippen molar-refractivity contribution in [3.63, 3.8) is 0 Å². The molecule has 0 saturated heterocycles. The van der Waals surface area contributed by atoms with E-state index in [1.807, 2.05) is 5.32 Å². The van der Waals surface area contributed by atoms with Crippen LogP contribution in [0.3, 0.4) is 0 Å². The van der Waals surface area contributed by atoms with Crippen molar-refractivity contribution in [1.82, 2.24) is 5.32 Å². The van der Waals surface area contributed by atoms with Crippen LogP contribution in [0.1, 0.15) is 38.3 Å². The minimum Gasteiger partial charge on any atom is -0.459 e. The Bertz CT molecular complexity index is 616. The molecule has 148 valence electrons. The number of nitrogens with one attached hydrogen (secondary N) is 1. The fourth-order valence-electron chi connectivity index (χ4n) is 2.48. The zero-order valence-electron chi connectivity index (χ0n) is 14.8. The second-order valence-corrected chi connectivity index (χ2v) is 7.16. The molecule has 1 N–H and O–H groups in total. The van der Waals surface area contributed by atoms with E-state index < -0.39 is 47.9 Å². The molecule has 1 unspecified atom stereocenters. The van der Waals surface area contributed by atoms with Gasteiger partial charge in [0.25, 0.3) is 0 Å². The van der Waals surface area contributed by atoms with Crippen molar-refractivity contribution in [2.75, 3.05) is 7.05 Å². The Balaban J connectivity index is 2.97. The molecule has 0 aromatic heterocycles. The first kappa shape index (κ1) is 22.3. The average molecular weight is 385 g/mol. The Kier molecular flexibility index (Phi) is 6.39. The number of hydrogen-bond acceptors (Lipinski definition) is 3. The highest BCUT2D eigenvalue weighted by Crippen LogP contribution is 2.40. The van der Waals surface area contributed by atoms with Gasteiger partial charge >= 0.3 is 18.3 Å². The van der Waals surface area contributed by atoms with Gasteiger partial charge in [-0.25, -0.2) is 4.79 Å². The number of esters is 1. The third-order valence-electron chi connectivity index (χ3n) is 3.71. The standard InChI is InChI=1S/C17H21F6NO2/c1-14(2,3)10-15(24-4,17(21,22)23)13(25)26-9-11-5-7-12(8-6-11)16(18,19)20/h5-8,24H,9-10H2,1-4H3. The van der Waals surface area contributed by atoms with Crippen LogP contribution in [0.2, 0.25) is 0 Å². The summed E-state index contributed by atoms with van der Waals surface area (Å²) in [6.45, 7) is 4.08. The van der Waals surface area contributed by atoms with E-state index in [2.05, 4.69) is 0 Å². The van der Waals surface area contributed by atoms with Gasteiger partial charge in [0.15, 0.2) is 0 Å². The van der Waals surface area contributed by atoms with Crippen LogP contribution in [-0.4, -0.2) is 24.7 Å². The molecule has 0 radical (unpaired) electrons. The van der Waals surface area contributed by atoms with Crippen LogP contribution in [0.5, 0.6) is 0 Å². The predicted molar refractivity (Wildman–Crippen MR) is 83.2 cm³/mol. The molecule has 0 spiro atoms. The highest BCUT2D eigenvalue weighted by molar-refractivity contribution is 5.82. The van der Waals surface area contributed by atoms with Gasteiger partial charge in [-0.1, -0.05) is 32.9 Å². The quantitative estimate of drug-likeness (QED) is 0.590. The van der Waals surface area contributed by atoms with Crippen LogP contribution in [-0.2, 0) is 22.3 Å². The second kappa shape index (κ2) is 7.46. The minimum absolute atomic E-state index is 0.147. The molecule has 0 saturated carbocycles. The SMILES string of the molecule is CNC(CC(C)(C)C)(C(=O)OCc1ccc(C(F)(F)F)cc1)C(F)(F)F. The number of halogens is 6. The van der Waals surface area contributed by atoms with E-state index >= 15 is 0 Å². The molecular formula is C17H21F6NO2. The van der Waals surface area contributed by atoms with Crippen LogP contribution < -0.4 is 5.32 Å². The fraction of sp³-hybridized carbons (Fsp3) is 0.588. The molecule has 0 aliphatic heterocycles. The molecule has 0 bridgehead atoms. The van der Waals surface area contributed by atoms with Crippen LogP contribution in [0.4, 0.5) is 26.3 Å². The van der Waals surface area contributed by atoms with Gasteiger partial charge in [0, 0.05) is 0 Å². The zero-order valence-corrected chi connectivity index (χ0v) is 14.8. The number of alkyl halides is 6. The molecule has 1 aromatic rings. The van der Waals surface area contributed by atoms with E-state index in [-0.39, 0.29) is 5.56 Å². The fourth-order valence-corrected chi connectivity index (χ4v) is 2.48. The maximum atomic E-state index is 13.6. The summed E-state index contributed by atoms with van der Waals surface area (Å²) in [5.41, 5.74) is -4.50. The normalized spacial score (nSPS) is 15.5. The molecule has 1 aromatic carbocycles. The third-order valence-corrected chi connectivity index (χ3v) is 3.71. The van der Waals surface area contributed by atoms with Crippen molar-refractivity contribution < 1.29 is 35.9 Å². The zero-order chi connectivity index (χ0) is 20.4. The first-order chi connectivity index (χ1) is 11.6. The van der Waals surface area contributed by atoms with Crippen molar-refractivity contribution in [2.24, 2.45) is 5.41 Å². The molecule has 1 rings (SSSR count).